The maximum absolute atomic E-state index is 12.4. The number of carbonyl (C=O) groups excluding carboxylic acids is 3. The zero-order valence-electron chi connectivity index (χ0n) is 24.5. The van der Waals surface area contributed by atoms with E-state index in [2.05, 4.69) is 5.32 Å². The van der Waals surface area contributed by atoms with Crippen molar-refractivity contribution < 1.29 is 43.2 Å². The molecule has 0 aliphatic carbocycles. The van der Waals surface area contributed by atoms with Gasteiger partial charge in [0.05, 0.1) is 0 Å². The van der Waals surface area contributed by atoms with E-state index in [4.69, 9.17) is 18.9 Å². The minimum atomic E-state index is -1.11. The zero-order chi connectivity index (χ0) is 29.8. The fourth-order valence-electron chi connectivity index (χ4n) is 3.27. The Morgan fingerprint density at radius 2 is 1.41 bits per heavy atom. The number of aliphatic carboxylic acids is 1. The third-order valence-electron chi connectivity index (χ3n) is 5.38. The second-order valence-electron chi connectivity index (χ2n) is 11.5. The Hall–Kier alpha value is -3.14. The lowest BCUT2D eigenvalue weighted by Gasteiger charge is -2.22. The molecule has 0 amide bonds. The number of nitrogens with one attached hydrogen (secondary N) is 1. The molecule has 0 aromatic heterocycles. The third-order valence-corrected chi connectivity index (χ3v) is 5.38. The van der Waals surface area contributed by atoms with Crippen LogP contribution in [0.3, 0.4) is 0 Å². The van der Waals surface area contributed by atoms with Crippen LogP contribution in [-0.4, -0.2) is 53.5 Å². The zero-order valence-corrected chi connectivity index (χ0v) is 24.5. The number of hydrogen-bond donors (Lipinski definition) is 2. The van der Waals surface area contributed by atoms with Crippen molar-refractivity contribution in [3.63, 3.8) is 0 Å². The van der Waals surface area contributed by atoms with E-state index in [1.165, 1.54) is 12.1 Å². The number of rotatable bonds is 15. The summed E-state index contributed by atoms with van der Waals surface area (Å²) in [5.74, 6) is -1.23. The van der Waals surface area contributed by atoms with Crippen LogP contribution in [0.2, 0.25) is 0 Å². The molecule has 0 fully saturated rings. The van der Waals surface area contributed by atoms with Crippen LogP contribution in [0, 0.1) is 11.8 Å². The number of carboxylic acid groups (broad SMARTS) is 1. The standard InChI is InChI=1S/C29H45NO9/c1-18(2)9-13-25(31)37-23-12-11-21(16-24(23)38-26(32)14-10-19(3)4)15-22(27(33)34)30-17-20(5)36-28(35)39-29(6,7)8/h11-12,16,18-20,22,30H,9-10,13-15,17H2,1-8H3,(H,33,34)/t20?,22-/m0/s1. The van der Waals surface area contributed by atoms with E-state index >= 15 is 0 Å². The molecule has 1 unspecified atom stereocenters. The number of ether oxygens (including phenoxy) is 4. The topological polar surface area (TPSA) is 137 Å². The third kappa shape index (κ3) is 15.1. The van der Waals surface area contributed by atoms with E-state index in [1.54, 1.807) is 33.8 Å². The van der Waals surface area contributed by atoms with Crippen LogP contribution in [0.4, 0.5) is 4.79 Å². The van der Waals surface area contributed by atoms with Crippen LogP contribution in [0.25, 0.3) is 0 Å². The lowest BCUT2D eigenvalue weighted by molar-refractivity contribution is -0.139. The Bertz CT molecular complexity index is 966. The van der Waals surface area contributed by atoms with Crippen molar-refractivity contribution in [3.05, 3.63) is 23.8 Å². The summed E-state index contributed by atoms with van der Waals surface area (Å²) in [6.07, 6.45) is 0.246. The smallest absolute Gasteiger partial charge is 0.480 e. The molecule has 1 aromatic rings. The Balaban J connectivity index is 2.98. The van der Waals surface area contributed by atoms with Crippen LogP contribution in [0.15, 0.2) is 18.2 Å². The molecule has 0 heterocycles. The average Bonchev–Trinajstić information content (AvgIpc) is 2.79. The second-order valence-corrected chi connectivity index (χ2v) is 11.5. The van der Waals surface area contributed by atoms with E-state index in [1.807, 2.05) is 27.7 Å². The van der Waals surface area contributed by atoms with Crippen LogP contribution < -0.4 is 14.8 Å². The minimum absolute atomic E-state index is 0.0343. The Morgan fingerprint density at radius 3 is 1.90 bits per heavy atom. The quantitative estimate of drug-likeness (QED) is 0.218. The maximum Gasteiger partial charge on any atom is 0.509 e. The van der Waals surface area contributed by atoms with Crippen molar-refractivity contribution in [2.24, 2.45) is 11.8 Å². The van der Waals surface area contributed by atoms with Crippen molar-refractivity contribution >= 4 is 24.1 Å². The van der Waals surface area contributed by atoms with Gasteiger partial charge in [0, 0.05) is 19.4 Å². The van der Waals surface area contributed by atoms with Crippen molar-refractivity contribution in [3.8, 4) is 11.5 Å². The van der Waals surface area contributed by atoms with E-state index < -0.39 is 41.8 Å². The summed E-state index contributed by atoms with van der Waals surface area (Å²) in [6.45, 7) is 14.8. The molecule has 1 rings (SSSR count). The molecule has 10 heteroatoms. The fourth-order valence-corrected chi connectivity index (χ4v) is 3.27. The summed E-state index contributed by atoms with van der Waals surface area (Å²) in [5.41, 5.74) is -0.164. The summed E-state index contributed by atoms with van der Waals surface area (Å²) in [4.78, 5) is 48.6. The van der Waals surface area contributed by atoms with Crippen molar-refractivity contribution in [1.29, 1.82) is 0 Å². The average molecular weight is 552 g/mol. The highest BCUT2D eigenvalue weighted by atomic mass is 16.7. The normalized spacial score (nSPS) is 13.1. The molecule has 0 radical (unpaired) electrons. The molecule has 220 valence electrons. The number of benzene rings is 1. The van der Waals surface area contributed by atoms with Crippen LogP contribution >= 0.6 is 0 Å². The Labute approximate surface area is 231 Å². The molecule has 0 bridgehead atoms. The van der Waals surface area contributed by atoms with Gasteiger partial charge in [-0.2, -0.15) is 0 Å². The number of hydrogen-bond acceptors (Lipinski definition) is 9. The summed E-state index contributed by atoms with van der Waals surface area (Å²) >= 11 is 0. The summed E-state index contributed by atoms with van der Waals surface area (Å²) in [7, 11) is 0. The molecule has 0 aliphatic heterocycles. The van der Waals surface area contributed by atoms with Gasteiger partial charge in [-0.3, -0.25) is 14.4 Å². The lowest BCUT2D eigenvalue weighted by atomic mass is 10.0. The predicted octanol–water partition coefficient (Wildman–Crippen LogP) is 5.30. The van der Waals surface area contributed by atoms with Crippen LogP contribution in [-0.2, 0) is 30.3 Å². The van der Waals surface area contributed by atoms with Gasteiger partial charge >= 0.3 is 24.1 Å². The van der Waals surface area contributed by atoms with Gasteiger partial charge in [-0.05, 0) is 76.5 Å². The molecule has 2 N–H and O–H groups in total. The highest BCUT2D eigenvalue weighted by Gasteiger charge is 2.23. The van der Waals surface area contributed by atoms with Gasteiger partial charge in [0.1, 0.15) is 17.7 Å². The second kappa shape index (κ2) is 16.1. The van der Waals surface area contributed by atoms with E-state index in [9.17, 15) is 24.3 Å². The van der Waals surface area contributed by atoms with Crippen LogP contribution in [0.1, 0.15) is 86.6 Å². The van der Waals surface area contributed by atoms with Crippen molar-refractivity contribution in [2.45, 2.75) is 105 Å². The molecule has 2 atom stereocenters. The molecular formula is C29H45NO9. The highest BCUT2D eigenvalue weighted by molar-refractivity contribution is 5.77. The van der Waals surface area contributed by atoms with E-state index in [-0.39, 0.29) is 37.3 Å². The SMILES string of the molecule is CC(C)CCC(=O)Oc1ccc(C[C@H](NCC(C)OC(=O)OC(C)(C)C)C(=O)O)cc1OC(=O)CCC(C)C. The first-order valence-electron chi connectivity index (χ1n) is 13.5. The summed E-state index contributed by atoms with van der Waals surface area (Å²) in [6, 6.07) is 3.60. The molecule has 39 heavy (non-hydrogen) atoms. The predicted molar refractivity (Wildman–Crippen MR) is 146 cm³/mol. The van der Waals surface area contributed by atoms with Gasteiger partial charge < -0.3 is 29.4 Å². The summed E-state index contributed by atoms with van der Waals surface area (Å²) < 4.78 is 21.3. The van der Waals surface area contributed by atoms with Crippen LogP contribution in [0.5, 0.6) is 11.5 Å². The van der Waals surface area contributed by atoms with Gasteiger partial charge in [0.15, 0.2) is 11.5 Å². The largest absolute Gasteiger partial charge is 0.509 e. The molecule has 1 aromatic carbocycles. The minimum Gasteiger partial charge on any atom is -0.480 e. The van der Waals surface area contributed by atoms with Gasteiger partial charge in [-0.15, -0.1) is 0 Å². The molecule has 10 nitrogen and oxygen atoms in total. The van der Waals surface area contributed by atoms with E-state index in [0.29, 0.717) is 30.2 Å². The van der Waals surface area contributed by atoms with Gasteiger partial charge in [-0.25, -0.2) is 4.79 Å². The Kier molecular flexibility index (Phi) is 14.0. The monoisotopic (exact) mass is 551 g/mol. The van der Waals surface area contributed by atoms with Gasteiger partial charge in [0.2, 0.25) is 0 Å². The number of carboxylic acids is 1. The fraction of sp³-hybridized carbons (Fsp3) is 0.655. The first-order chi connectivity index (χ1) is 18.1. The Morgan fingerprint density at radius 1 is 0.872 bits per heavy atom. The molecule has 0 saturated heterocycles. The van der Waals surface area contributed by atoms with E-state index in [0.717, 1.165) is 0 Å². The first-order valence-corrected chi connectivity index (χ1v) is 13.5. The van der Waals surface area contributed by atoms with Crippen molar-refractivity contribution in [1.82, 2.24) is 5.32 Å². The van der Waals surface area contributed by atoms with Gasteiger partial charge in [0.25, 0.3) is 0 Å². The first kappa shape index (κ1) is 33.9. The maximum atomic E-state index is 12.4. The summed E-state index contributed by atoms with van der Waals surface area (Å²) in [5, 5.41) is 12.6. The molecule has 0 spiro atoms. The molecule has 0 saturated carbocycles. The lowest BCUT2D eigenvalue weighted by Crippen LogP contribution is -2.43. The molecule has 0 aliphatic rings. The number of esters is 2. The van der Waals surface area contributed by atoms with Gasteiger partial charge in [-0.1, -0.05) is 33.8 Å². The van der Waals surface area contributed by atoms with Crippen molar-refractivity contribution in [2.75, 3.05) is 6.54 Å². The highest BCUT2D eigenvalue weighted by Crippen LogP contribution is 2.30. The number of carbonyl (C=O) groups is 4. The molecular weight excluding hydrogens is 506 g/mol.